The fraction of sp³-hybridized carbons (Fsp3) is 0.400. The molecule has 1 aromatic rings. The summed E-state index contributed by atoms with van der Waals surface area (Å²) in [4.78, 5) is 14.6. The van der Waals surface area contributed by atoms with Crippen LogP contribution >= 0.6 is 12.4 Å². The zero-order valence-electron chi connectivity index (χ0n) is 6.44. The largest absolute Gasteiger partial charge is 0.320 e. The number of H-pyrrole nitrogens is 1. The number of halogens is 1. The zero-order chi connectivity index (χ0) is 8.27. The second-order valence-electron chi connectivity index (χ2n) is 2.11. The quantitative estimate of drug-likeness (QED) is 0.588. The standard InChI is InChI=1S/C5H9N5O.ClH/c1-3(6)4(11)9-5-7-2-8-10-5;/h2-3H,6H2,1H3,(H2,7,8,9,10,11);1H. The van der Waals surface area contributed by atoms with Crippen molar-refractivity contribution in [1.29, 1.82) is 0 Å². The van der Waals surface area contributed by atoms with Crippen LogP contribution in [0.1, 0.15) is 6.92 Å². The molecule has 0 radical (unpaired) electrons. The van der Waals surface area contributed by atoms with Crippen molar-refractivity contribution < 1.29 is 4.79 Å². The molecular weight excluding hydrogens is 182 g/mol. The van der Waals surface area contributed by atoms with E-state index in [9.17, 15) is 4.79 Å². The first-order valence-electron chi connectivity index (χ1n) is 3.12. The topological polar surface area (TPSA) is 96.7 Å². The van der Waals surface area contributed by atoms with Crippen molar-refractivity contribution in [2.75, 3.05) is 5.32 Å². The van der Waals surface area contributed by atoms with E-state index in [4.69, 9.17) is 5.73 Å². The van der Waals surface area contributed by atoms with Crippen LogP contribution in [0.3, 0.4) is 0 Å². The van der Waals surface area contributed by atoms with E-state index in [1.54, 1.807) is 6.92 Å². The average molecular weight is 192 g/mol. The van der Waals surface area contributed by atoms with Gasteiger partial charge < -0.3 is 5.73 Å². The number of nitrogens with one attached hydrogen (secondary N) is 2. The molecule has 0 aromatic carbocycles. The molecule has 1 heterocycles. The van der Waals surface area contributed by atoms with Crippen molar-refractivity contribution in [1.82, 2.24) is 15.2 Å². The number of amides is 1. The first-order valence-corrected chi connectivity index (χ1v) is 3.12. The number of aromatic amines is 1. The van der Waals surface area contributed by atoms with Gasteiger partial charge in [0, 0.05) is 0 Å². The summed E-state index contributed by atoms with van der Waals surface area (Å²) < 4.78 is 0. The van der Waals surface area contributed by atoms with E-state index in [0.29, 0.717) is 5.95 Å². The molecule has 1 unspecified atom stereocenters. The molecule has 1 rings (SSSR count). The van der Waals surface area contributed by atoms with E-state index in [2.05, 4.69) is 20.5 Å². The number of rotatable bonds is 2. The number of carbonyl (C=O) groups excluding carboxylic acids is 1. The van der Waals surface area contributed by atoms with Gasteiger partial charge in [-0.2, -0.15) is 10.1 Å². The predicted octanol–water partition coefficient (Wildman–Crippen LogP) is -0.488. The van der Waals surface area contributed by atoms with Crippen LogP contribution in [0.15, 0.2) is 6.33 Å². The molecule has 68 valence electrons. The molecule has 0 aliphatic heterocycles. The normalized spacial score (nSPS) is 11.5. The summed E-state index contributed by atoms with van der Waals surface area (Å²) in [5, 5.41) is 8.45. The molecule has 1 aromatic heterocycles. The molecule has 4 N–H and O–H groups in total. The molecule has 0 fully saturated rings. The lowest BCUT2D eigenvalue weighted by molar-refractivity contribution is -0.117. The fourth-order valence-corrected chi connectivity index (χ4v) is 0.496. The maximum absolute atomic E-state index is 10.9. The van der Waals surface area contributed by atoms with Gasteiger partial charge in [-0.15, -0.1) is 12.4 Å². The van der Waals surface area contributed by atoms with Gasteiger partial charge in [0.25, 0.3) is 0 Å². The predicted molar refractivity (Wildman–Crippen MR) is 45.9 cm³/mol. The van der Waals surface area contributed by atoms with Crippen LogP contribution in [0, 0.1) is 0 Å². The molecular formula is C5H10ClN5O. The van der Waals surface area contributed by atoms with Gasteiger partial charge in [-0.3, -0.25) is 10.1 Å². The highest BCUT2D eigenvalue weighted by atomic mass is 35.5. The van der Waals surface area contributed by atoms with Crippen LogP contribution in [0.25, 0.3) is 0 Å². The molecule has 1 amide bonds. The molecule has 0 aliphatic carbocycles. The van der Waals surface area contributed by atoms with Gasteiger partial charge >= 0.3 is 0 Å². The van der Waals surface area contributed by atoms with E-state index >= 15 is 0 Å². The molecule has 0 aliphatic rings. The van der Waals surface area contributed by atoms with Crippen molar-refractivity contribution >= 4 is 24.3 Å². The minimum atomic E-state index is -0.542. The second-order valence-corrected chi connectivity index (χ2v) is 2.11. The highest BCUT2D eigenvalue weighted by Crippen LogP contribution is 1.92. The first kappa shape index (κ1) is 10.9. The number of aromatic nitrogens is 3. The van der Waals surface area contributed by atoms with Crippen molar-refractivity contribution in [3.8, 4) is 0 Å². The molecule has 0 saturated carbocycles. The van der Waals surface area contributed by atoms with Crippen LogP contribution in [0.2, 0.25) is 0 Å². The molecule has 0 saturated heterocycles. The van der Waals surface area contributed by atoms with Crippen molar-refractivity contribution in [2.24, 2.45) is 5.73 Å². The minimum Gasteiger partial charge on any atom is -0.320 e. The van der Waals surface area contributed by atoms with E-state index in [1.165, 1.54) is 6.33 Å². The summed E-state index contributed by atoms with van der Waals surface area (Å²) in [5.74, 6) is 0.0223. The Labute approximate surface area is 75.3 Å². The van der Waals surface area contributed by atoms with Gasteiger partial charge in [0.15, 0.2) is 0 Å². The maximum Gasteiger partial charge on any atom is 0.243 e. The lowest BCUT2D eigenvalue weighted by Crippen LogP contribution is -2.32. The Morgan fingerprint density at radius 2 is 2.50 bits per heavy atom. The molecule has 7 heteroatoms. The fourth-order valence-electron chi connectivity index (χ4n) is 0.496. The third-order valence-electron chi connectivity index (χ3n) is 1.07. The third-order valence-corrected chi connectivity index (χ3v) is 1.07. The average Bonchev–Trinajstić information content (AvgIpc) is 2.39. The molecule has 0 spiro atoms. The van der Waals surface area contributed by atoms with E-state index in [-0.39, 0.29) is 18.3 Å². The van der Waals surface area contributed by atoms with Gasteiger partial charge in [-0.1, -0.05) is 0 Å². The minimum absolute atomic E-state index is 0. The molecule has 6 nitrogen and oxygen atoms in total. The van der Waals surface area contributed by atoms with Crippen LogP contribution in [0.5, 0.6) is 0 Å². The summed E-state index contributed by atoms with van der Waals surface area (Å²) >= 11 is 0. The molecule has 12 heavy (non-hydrogen) atoms. The number of hydrogen-bond acceptors (Lipinski definition) is 4. The van der Waals surface area contributed by atoms with Gasteiger partial charge in [0.2, 0.25) is 11.9 Å². The summed E-state index contributed by atoms with van der Waals surface area (Å²) in [5.41, 5.74) is 5.28. The zero-order valence-corrected chi connectivity index (χ0v) is 7.26. The molecule has 1 atom stereocenters. The number of carbonyl (C=O) groups is 1. The van der Waals surface area contributed by atoms with E-state index < -0.39 is 6.04 Å². The third kappa shape index (κ3) is 2.85. The second kappa shape index (κ2) is 4.68. The highest BCUT2D eigenvalue weighted by Gasteiger charge is 2.07. The summed E-state index contributed by atoms with van der Waals surface area (Å²) in [6, 6.07) is -0.542. The lowest BCUT2D eigenvalue weighted by Gasteiger charge is -2.02. The Balaban J connectivity index is 0.00000121. The van der Waals surface area contributed by atoms with Gasteiger partial charge in [0.1, 0.15) is 6.33 Å². The smallest absolute Gasteiger partial charge is 0.243 e. The molecule has 0 bridgehead atoms. The maximum atomic E-state index is 10.9. The van der Waals surface area contributed by atoms with E-state index in [1.807, 2.05) is 0 Å². The van der Waals surface area contributed by atoms with Crippen LogP contribution in [-0.2, 0) is 4.79 Å². The van der Waals surface area contributed by atoms with Crippen molar-refractivity contribution in [2.45, 2.75) is 13.0 Å². The van der Waals surface area contributed by atoms with Gasteiger partial charge in [-0.05, 0) is 6.92 Å². The lowest BCUT2D eigenvalue weighted by atomic mass is 10.3. The van der Waals surface area contributed by atoms with Crippen molar-refractivity contribution in [3.63, 3.8) is 0 Å². The van der Waals surface area contributed by atoms with E-state index in [0.717, 1.165) is 0 Å². The Morgan fingerprint density at radius 3 is 2.92 bits per heavy atom. The van der Waals surface area contributed by atoms with Crippen LogP contribution in [0.4, 0.5) is 5.95 Å². The SMILES string of the molecule is CC(N)C(=O)Nc1ncn[nH]1.Cl. The summed E-state index contributed by atoms with van der Waals surface area (Å²) in [6.07, 6.45) is 1.30. The monoisotopic (exact) mass is 191 g/mol. The Bertz CT molecular complexity index is 234. The highest BCUT2D eigenvalue weighted by molar-refractivity contribution is 5.92. The summed E-state index contributed by atoms with van der Waals surface area (Å²) in [7, 11) is 0. The Morgan fingerprint density at radius 1 is 1.83 bits per heavy atom. The van der Waals surface area contributed by atoms with Crippen LogP contribution in [-0.4, -0.2) is 27.1 Å². The van der Waals surface area contributed by atoms with Crippen LogP contribution < -0.4 is 11.1 Å². The first-order chi connectivity index (χ1) is 5.20. The number of hydrogen-bond donors (Lipinski definition) is 3. The Kier molecular flexibility index (Phi) is 4.24. The number of anilines is 1. The van der Waals surface area contributed by atoms with Crippen molar-refractivity contribution in [3.05, 3.63) is 6.33 Å². The number of nitrogens with zero attached hydrogens (tertiary/aromatic N) is 2. The van der Waals surface area contributed by atoms with Gasteiger partial charge in [0.05, 0.1) is 6.04 Å². The number of nitrogens with two attached hydrogens (primary N) is 1. The summed E-state index contributed by atoms with van der Waals surface area (Å²) in [6.45, 7) is 1.59. The Hall–Kier alpha value is -1.14. The van der Waals surface area contributed by atoms with Gasteiger partial charge in [-0.25, -0.2) is 5.10 Å².